The Hall–Kier alpha value is -1.85. The van der Waals surface area contributed by atoms with Gasteiger partial charge in [0.15, 0.2) is 0 Å². The van der Waals surface area contributed by atoms with E-state index >= 15 is 0 Å². The molecular weight excluding hydrogens is 308 g/mol. The molecule has 4 rings (SSSR count). The van der Waals surface area contributed by atoms with Gasteiger partial charge in [-0.3, -0.25) is 0 Å². The fraction of sp³-hybridized carbons (Fsp3) is 0.200. The first-order valence-electron chi connectivity index (χ1n) is 6.91. The summed E-state index contributed by atoms with van der Waals surface area (Å²) in [7, 11) is -4.02. The van der Waals surface area contributed by atoms with Crippen LogP contribution >= 0.6 is 11.6 Å². The van der Waals surface area contributed by atoms with E-state index in [1.165, 1.54) is 0 Å². The van der Waals surface area contributed by atoms with E-state index in [1.54, 1.807) is 0 Å². The van der Waals surface area contributed by atoms with Crippen molar-refractivity contribution in [3.05, 3.63) is 48.5 Å². The molecule has 0 saturated carbocycles. The van der Waals surface area contributed by atoms with Crippen LogP contribution in [0.1, 0.15) is 6.42 Å². The van der Waals surface area contributed by atoms with Crippen LogP contribution in [-0.4, -0.2) is 14.2 Å². The molecule has 4 nitrogen and oxygen atoms in total. The molecule has 110 valence electrons. The second kappa shape index (κ2) is 4.32. The second-order valence-electron chi connectivity index (χ2n) is 5.17. The first-order valence-corrected chi connectivity index (χ1v) is 9.78. The summed E-state index contributed by atoms with van der Waals surface area (Å²) in [4.78, 5) is 0. The van der Waals surface area contributed by atoms with Gasteiger partial charge in [-0.25, -0.2) is 0 Å². The van der Waals surface area contributed by atoms with Crippen LogP contribution < -0.4 is 17.7 Å². The Morgan fingerprint density at radius 1 is 0.714 bits per heavy atom. The number of fused-ring (bicyclic) bond motifs is 2. The molecule has 0 bridgehead atoms. The van der Waals surface area contributed by atoms with Crippen LogP contribution in [0, 0.1) is 0 Å². The molecule has 6 heteroatoms. The topological polar surface area (TPSA) is 36.9 Å². The van der Waals surface area contributed by atoms with Gasteiger partial charge in [-0.15, -0.1) is 0 Å². The minimum atomic E-state index is -4.02. The van der Waals surface area contributed by atoms with Crippen LogP contribution in [0.2, 0.25) is 6.04 Å². The van der Waals surface area contributed by atoms with Crippen molar-refractivity contribution in [3.8, 4) is 23.0 Å². The number of benzene rings is 2. The van der Waals surface area contributed by atoms with Crippen molar-refractivity contribution in [3.63, 3.8) is 0 Å². The third-order valence-electron chi connectivity index (χ3n) is 3.65. The molecule has 21 heavy (non-hydrogen) atoms. The molecule has 2 aliphatic heterocycles. The van der Waals surface area contributed by atoms with Crippen molar-refractivity contribution < 1.29 is 17.7 Å². The summed E-state index contributed by atoms with van der Waals surface area (Å²) in [5.41, 5.74) is 0. The normalized spacial score (nSPS) is 20.9. The van der Waals surface area contributed by atoms with Crippen molar-refractivity contribution in [1.29, 1.82) is 0 Å². The van der Waals surface area contributed by atoms with Gasteiger partial charge in [-0.05, 0) is 0 Å². The van der Waals surface area contributed by atoms with E-state index in [9.17, 15) is 0 Å². The summed E-state index contributed by atoms with van der Waals surface area (Å²) in [6.07, 6.45) is 0.692. The zero-order valence-electron chi connectivity index (χ0n) is 11.3. The average molecular weight is 322 g/mol. The molecule has 0 aromatic heterocycles. The molecule has 2 heterocycles. The summed E-state index contributed by atoms with van der Waals surface area (Å²) in [6.45, 7) is 0. The summed E-state index contributed by atoms with van der Waals surface area (Å²) in [5.74, 6) is 3.14. The van der Waals surface area contributed by atoms with E-state index in [-0.39, 0.29) is 0 Å². The Morgan fingerprint density at radius 3 is 1.43 bits per heavy atom. The van der Waals surface area contributed by atoms with E-state index in [2.05, 4.69) is 0 Å². The van der Waals surface area contributed by atoms with Crippen LogP contribution in [-0.2, 0) is 0 Å². The number of hydrogen-bond acceptors (Lipinski definition) is 4. The Labute approximate surface area is 128 Å². The monoisotopic (exact) mass is 321 g/mol. The van der Waals surface area contributed by atoms with Crippen molar-refractivity contribution in [2.24, 2.45) is 0 Å². The van der Waals surface area contributed by atoms with E-state index < -0.39 is 8.33 Å². The van der Waals surface area contributed by atoms with Gasteiger partial charge in [0.2, 0.25) is 0 Å². The number of alkyl halides is 1. The van der Waals surface area contributed by atoms with Gasteiger partial charge in [0.1, 0.15) is 0 Å². The summed E-state index contributed by atoms with van der Waals surface area (Å²) in [5, 5.41) is 0. The Kier molecular flexibility index (Phi) is 2.64. The van der Waals surface area contributed by atoms with Gasteiger partial charge in [0.05, 0.1) is 0 Å². The first kappa shape index (κ1) is 12.9. The molecule has 1 spiro atoms. The van der Waals surface area contributed by atoms with Crippen molar-refractivity contribution in [1.82, 2.24) is 0 Å². The van der Waals surface area contributed by atoms with E-state index in [4.69, 9.17) is 29.3 Å². The van der Waals surface area contributed by atoms with Crippen molar-refractivity contribution in [2.75, 3.05) is 5.88 Å². The fourth-order valence-electron chi connectivity index (χ4n) is 2.77. The van der Waals surface area contributed by atoms with E-state index in [0.29, 0.717) is 41.3 Å². The second-order valence-corrected chi connectivity index (χ2v) is 9.02. The molecule has 0 N–H and O–H groups in total. The van der Waals surface area contributed by atoms with Gasteiger partial charge < -0.3 is 0 Å². The van der Waals surface area contributed by atoms with Crippen LogP contribution in [0.25, 0.3) is 0 Å². The van der Waals surface area contributed by atoms with Crippen molar-refractivity contribution in [2.45, 2.75) is 12.5 Å². The zero-order chi connectivity index (χ0) is 14.4. The van der Waals surface area contributed by atoms with Gasteiger partial charge in [0.25, 0.3) is 0 Å². The number of rotatable bonds is 3. The third kappa shape index (κ3) is 1.88. The minimum absolute atomic E-state index is 0.496. The molecule has 0 unspecified atom stereocenters. The molecule has 0 radical (unpaired) electrons. The predicted octanol–water partition coefficient (Wildman–Crippen LogP) is 3.95. The predicted molar refractivity (Wildman–Crippen MR) is 81.3 cm³/mol. The Balaban J connectivity index is 1.78. The molecule has 0 aliphatic carbocycles. The van der Waals surface area contributed by atoms with Gasteiger partial charge in [0, 0.05) is 0 Å². The Bertz CT molecular complexity index is 593. The molecule has 2 aliphatic rings. The van der Waals surface area contributed by atoms with Gasteiger partial charge in [-0.1, -0.05) is 0 Å². The van der Waals surface area contributed by atoms with Gasteiger partial charge in [-0.2, -0.15) is 0 Å². The molecule has 2 aromatic carbocycles. The third-order valence-corrected chi connectivity index (χ3v) is 7.54. The number of hydrogen-bond donors (Lipinski definition) is 0. The van der Waals surface area contributed by atoms with E-state index in [1.807, 2.05) is 48.5 Å². The number of para-hydroxylation sites is 4. The molecule has 0 atom stereocenters. The van der Waals surface area contributed by atoms with Crippen LogP contribution in [0.3, 0.4) is 0 Å². The van der Waals surface area contributed by atoms with E-state index in [0.717, 1.165) is 0 Å². The molecule has 0 fully saturated rings. The fourth-order valence-corrected chi connectivity index (χ4v) is 6.92. The molecule has 2 aromatic rings. The number of halogens is 1. The van der Waals surface area contributed by atoms with Crippen molar-refractivity contribution >= 4 is 19.9 Å². The first-order chi connectivity index (χ1) is 10.2. The van der Waals surface area contributed by atoms with Crippen LogP contribution in [0.15, 0.2) is 48.5 Å². The summed E-state index contributed by atoms with van der Waals surface area (Å²) in [6, 6.07) is 15.5. The standard InChI is InChI=1S/C15H14ClO4Si/c16-10-5-11-21(17-12-6-1-2-7-13(12)18-21)19-14-8-3-4-9-15(14)20-21/h1-4,6-9H,5,10-11H2/q-1. The van der Waals surface area contributed by atoms with Gasteiger partial charge >= 0.3 is 128 Å². The summed E-state index contributed by atoms with van der Waals surface area (Å²) < 4.78 is 24.6. The molecular formula is C15H14ClO4Si-. The maximum absolute atomic E-state index is 6.16. The SMILES string of the molecule is ClCCC[Si-]12(Oc3ccccc3O1)Oc1ccccc1O2. The maximum atomic E-state index is 6.16. The average Bonchev–Trinajstić information content (AvgIpc) is 2.99. The molecule has 0 saturated heterocycles. The quantitative estimate of drug-likeness (QED) is 0.633. The van der Waals surface area contributed by atoms with Crippen LogP contribution in [0.4, 0.5) is 0 Å². The van der Waals surface area contributed by atoms with Crippen LogP contribution in [0.5, 0.6) is 23.0 Å². The molecule has 0 amide bonds. The zero-order valence-corrected chi connectivity index (χ0v) is 13.0. The summed E-state index contributed by atoms with van der Waals surface area (Å²) >= 11 is 5.86. The Morgan fingerprint density at radius 2 is 1.10 bits per heavy atom.